The first-order valence-corrected chi connectivity index (χ1v) is 15.9. The molecule has 9 rings (SSSR count). The second-order valence-corrected chi connectivity index (χ2v) is 12.3. The summed E-state index contributed by atoms with van der Waals surface area (Å²) in [7, 11) is 1.53. The predicted octanol–water partition coefficient (Wildman–Crippen LogP) is 5.18. The molecule has 9 nitrogen and oxygen atoms in total. The molecule has 6 aliphatic heterocycles. The van der Waals surface area contributed by atoms with Gasteiger partial charge >= 0.3 is 6.03 Å². The van der Waals surface area contributed by atoms with Crippen molar-refractivity contribution in [3.8, 4) is 17.6 Å². The third kappa shape index (κ3) is 6.53. The number of aromatic nitrogens is 1. The van der Waals surface area contributed by atoms with Gasteiger partial charge in [0, 0.05) is 50.5 Å². The van der Waals surface area contributed by atoms with Gasteiger partial charge in [-0.05, 0) is 61.9 Å². The third-order valence-electron chi connectivity index (χ3n) is 8.54. The van der Waals surface area contributed by atoms with Gasteiger partial charge in [-0.25, -0.2) is 4.79 Å². The molecule has 3 aromatic rings. The van der Waals surface area contributed by atoms with E-state index in [0.29, 0.717) is 76.8 Å². The topological polar surface area (TPSA) is 90.3 Å². The number of nitrogens with one attached hydrogen (secondary N) is 3. The number of methoxy groups -OCH3 is 1. The Bertz CT molecular complexity index is 1590. The minimum atomic E-state index is -2.59. The molecule has 0 saturated carbocycles. The third-order valence-corrected chi connectivity index (χ3v) is 9.38. The Morgan fingerprint density at radius 2 is 1.84 bits per heavy atom. The number of nitrogens with zero attached hydrogens (tertiary/aromatic N) is 3. The van der Waals surface area contributed by atoms with Crippen molar-refractivity contribution in [2.75, 3.05) is 57.0 Å². The molecule has 8 heterocycles. The summed E-state index contributed by atoms with van der Waals surface area (Å²) in [6, 6.07) is 11.0. The Kier molecular flexibility index (Phi) is 9.02. The number of urea groups is 1. The van der Waals surface area contributed by atoms with Crippen molar-refractivity contribution in [1.29, 1.82) is 0 Å². The summed E-state index contributed by atoms with van der Waals surface area (Å²) in [5.74, 6) is 4.99. The van der Waals surface area contributed by atoms with E-state index >= 15 is 0 Å². The van der Waals surface area contributed by atoms with E-state index in [1.165, 1.54) is 7.11 Å². The zero-order valence-corrected chi connectivity index (χ0v) is 25.4. The molecule has 0 aliphatic carbocycles. The van der Waals surface area contributed by atoms with Crippen LogP contribution < -0.4 is 20.7 Å². The number of thioether (sulfide) groups is 1. The number of rotatable bonds is 3. The van der Waals surface area contributed by atoms with E-state index < -0.39 is 5.76 Å². The Balaban J connectivity index is 1.29. The van der Waals surface area contributed by atoms with Crippen LogP contribution in [0.5, 0.6) is 5.75 Å². The van der Waals surface area contributed by atoms with E-state index in [1.807, 2.05) is 32.4 Å². The summed E-state index contributed by atoms with van der Waals surface area (Å²) in [4.78, 5) is 30.5. The lowest BCUT2D eigenvalue weighted by atomic mass is 10.0. The first kappa shape index (κ1) is 29.9. The molecule has 3 N–H and O–H groups in total. The van der Waals surface area contributed by atoms with E-state index in [-0.39, 0.29) is 24.5 Å². The highest BCUT2D eigenvalue weighted by molar-refractivity contribution is 7.99. The van der Waals surface area contributed by atoms with Crippen molar-refractivity contribution >= 4 is 40.7 Å². The van der Waals surface area contributed by atoms with Gasteiger partial charge in [0.25, 0.3) is 11.7 Å². The van der Waals surface area contributed by atoms with E-state index in [2.05, 4.69) is 27.8 Å². The second kappa shape index (κ2) is 13.3. The quantitative estimate of drug-likeness (QED) is 0.276. The van der Waals surface area contributed by atoms with Crippen LogP contribution in [0.4, 0.5) is 25.1 Å². The summed E-state index contributed by atoms with van der Waals surface area (Å²) in [5.41, 5.74) is 2.32. The molecule has 44 heavy (non-hydrogen) atoms. The van der Waals surface area contributed by atoms with E-state index in [0.717, 1.165) is 38.0 Å². The van der Waals surface area contributed by atoms with Crippen LogP contribution in [0, 0.1) is 17.8 Å². The molecule has 1 atom stereocenters. The van der Waals surface area contributed by atoms with Crippen molar-refractivity contribution in [2.45, 2.75) is 42.4 Å². The minimum Gasteiger partial charge on any atom is -0.495 e. The van der Waals surface area contributed by atoms with Crippen LogP contribution in [-0.4, -0.2) is 84.3 Å². The van der Waals surface area contributed by atoms with Crippen LogP contribution in [0.25, 0.3) is 5.52 Å². The van der Waals surface area contributed by atoms with E-state index in [4.69, 9.17) is 4.74 Å². The molecule has 2 fully saturated rings. The van der Waals surface area contributed by atoms with Crippen LogP contribution in [0.1, 0.15) is 41.6 Å². The normalized spacial score (nSPS) is 21.0. The number of halogens is 2. The summed E-state index contributed by atoms with van der Waals surface area (Å²) in [6.07, 6.45) is 5.10. The van der Waals surface area contributed by atoms with Gasteiger partial charge in [-0.15, -0.1) is 0 Å². The van der Waals surface area contributed by atoms with Crippen molar-refractivity contribution in [2.24, 2.45) is 5.92 Å². The second-order valence-electron chi connectivity index (χ2n) is 11.3. The molecule has 0 unspecified atom stereocenters. The van der Waals surface area contributed by atoms with Gasteiger partial charge in [-0.3, -0.25) is 4.79 Å². The standard InChI is InChI=1S/C32H36F2N6O3S/c1-43-27-18-22-7-8-25(27)35-13-3-4-23-20-40-26(29(23)44-31(33)34)5-2-6-28(40)37-24-11-16-38(17-12-24)32(42)39-15-10-21(19-39)9-14-36-30(22)41/h2,5-8,18,20-21,24,31,35,37H,9-17,19H2,1H3,(H,36,41)/t21-/m0/s1. The number of carbonyl (C=O) groups excluding carboxylic acids is 2. The fourth-order valence-electron chi connectivity index (χ4n) is 6.21. The monoisotopic (exact) mass is 622 g/mol. The average Bonchev–Trinajstić information content (AvgIpc) is 3.64. The lowest BCUT2D eigenvalue weighted by Gasteiger charge is -2.35. The van der Waals surface area contributed by atoms with Crippen LogP contribution in [0.3, 0.4) is 0 Å². The number of ether oxygens (including phenoxy) is 1. The van der Waals surface area contributed by atoms with Crippen molar-refractivity contribution < 1.29 is 23.1 Å². The van der Waals surface area contributed by atoms with Gasteiger partial charge in [-0.2, -0.15) is 8.78 Å². The lowest BCUT2D eigenvalue weighted by molar-refractivity contribution is 0.0950. The smallest absolute Gasteiger partial charge is 0.320 e. The Hall–Kier alpha value is -4.11. The molecule has 0 radical (unpaired) electrons. The Morgan fingerprint density at radius 1 is 1.02 bits per heavy atom. The number of alkyl halides is 2. The summed E-state index contributed by atoms with van der Waals surface area (Å²) in [6.45, 7) is 3.48. The average molecular weight is 623 g/mol. The highest BCUT2D eigenvalue weighted by atomic mass is 32.2. The maximum Gasteiger partial charge on any atom is 0.320 e. The van der Waals surface area contributed by atoms with E-state index in [9.17, 15) is 18.4 Å². The zero-order chi connectivity index (χ0) is 30.6. The summed E-state index contributed by atoms with van der Waals surface area (Å²) in [5, 5.41) is 9.80. The number of amides is 3. The highest BCUT2D eigenvalue weighted by Gasteiger charge is 2.31. The van der Waals surface area contributed by atoms with Crippen LogP contribution in [0.15, 0.2) is 47.5 Å². The fourth-order valence-corrected chi connectivity index (χ4v) is 6.90. The van der Waals surface area contributed by atoms with Gasteiger partial charge in [-0.1, -0.05) is 29.7 Å². The minimum absolute atomic E-state index is 0.0747. The number of hydrogen-bond acceptors (Lipinski definition) is 6. The lowest BCUT2D eigenvalue weighted by Crippen LogP contribution is -2.48. The van der Waals surface area contributed by atoms with Gasteiger partial charge in [0.15, 0.2) is 0 Å². The molecule has 2 aromatic heterocycles. The molecule has 1 aromatic carbocycles. The molecule has 0 spiro atoms. The summed E-state index contributed by atoms with van der Waals surface area (Å²) >= 11 is 0.492. The van der Waals surface area contributed by atoms with Crippen LogP contribution in [-0.2, 0) is 0 Å². The molecule has 12 heteroatoms. The Morgan fingerprint density at radius 3 is 2.64 bits per heavy atom. The number of anilines is 2. The maximum absolute atomic E-state index is 13.6. The largest absolute Gasteiger partial charge is 0.495 e. The summed E-state index contributed by atoms with van der Waals surface area (Å²) < 4.78 is 34.7. The highest BCUT2D eigenvalue weighted by Crippen LogP contribution is 2.35. The van der Waals surface area contributed by atoms with Crippen molar-refractivity contribution in [1.82, 2.24) is 19.5 Å². The number of carbonyl (C=O) groups is 2. The maximum atomic E-state index is 13.6. The SMILES string of the molecule is COc1cc2ccc1NCC#Cc1cn3c(cccc3c1SC(F)F)NC1CCN(CC1)C(=O)N1CC[C@H](CCNC2=O)C1. The predicted molar refractivity (Wildman–Crippen MR) is 168 cm³/mol. The molecule has 3 amide bonds. The molecule has 2 saturated heterocycles. The van der Waals surface area contributed by atoms with Gasteiger partial charge in [0.05, 0.1) is 35.3 Å². The zero-order valence-electron chi connectivity index (χ0n) is 24.6. The van der Waals surface area contributed by atoms with Gasteiger partial charge in [0.1, 0.15) is 11.6 Å². The first-order chi connectivity index (χ1) is 21.4. The first-order valence-electron chi connectivity index (χ1n) is 15.0. The van der Waals surface area contributed by atoms with Crippen LogP contribution >= 0.6 is 11.8 Å². The molecule has 6 aliphatic rings. The fraction of sp³-hybridized carbons (Fsp3) is 0.438. The number of benzene rings is 1. The number of piperidine rings is 1. The Labute approximate surface area is 259 Å². The van der Waals surface area contributed by atoms with E-state index in [1.54, 1.807) is 24.4 Å². The molecular formula is C32H36F2N6O3S. The molecule has 8 bridgehead atoms. The van der Waals surface area contributed by atoms with Crippen molar-refractivity contribution in [3.63, 3.8) is 0 Å². The van der Waals surface area contributed by atoms with Gasteiger partial charge < -0.3 is 34.9 Å². The van der Waals surface area contributed by atoms with Crippen LogP contribution in [0.2, 0.25) is 0 Å². The van der Waals surface area contributed by atoms with Crippen molar-refractivity contribution in [3.05, 3.63) is 53.7 Å². The molecular weight excluding hydrogens is 586 g/mol. The van der Waals surface area contributed by atoms with Gasteiger partial charge in [0.2, 0.25) is 0 Å². The molecule has 232 valence electrons. The number of hydrogen-bond donors (Lipinski definition) is 3. The number of pyridine rings is 1.